The number of aliphatic hydroxyl groups excluding tert-OH is 2. The van der Waals surface area contributed by atoms with Crippen molar-refractivity contribution in [2.75, 3.05) is 20.3 Å². The third-order valence-electron chi connectivity index (χ3n) is 4.33. The average Bonchev–Trinajstić information content (AvgIpc) is 2.86. The van der Waals surface area contributed by atoms with E-state index < -0.39 is 12.1 Å². The first-order valence-electron chi connectivity index (χ1n) is 12.6. The molecule has 1 aliphatic rings. The second-order valence-corrected chi connectivity index (χ2v) is 8.10. The number of carbonyl (C=O) groups excluding carboxylic acids is 4. The highest BCUT2D eigenvalue weighted by molar-refractivity contribution is 5.78. The predicted octanol–water partition coefficient (Wildman–Crippen LogP) is 4.20. The molecule has 1 aliphatic carbocycles. The van der Waals surface area contributed by atoms with Crippen LogP contribution in [0.1, 0.15) is 85.6 Å². The van der Waals surface area contributed by atoms with Gasteiger partial charge in [0.25, 0.3) is 0 Å². The van der Waals surface area contributed by atoms with E-state index >= 15 is 0 Å². The van der Waals surface area contributed by atoms with Crippen LogP contribution >= 0.6 is 0 Å². The zero-order valence-electron chi connectivity index (χ0n) is 23.7. The molecule has 1 aromatic carbocycles. The van der Waals surface area contributed by atoms with E-state index in [2.05, 4.69) is 4.74 Å². The summed E-state index contributed by atoms with van der Waals surface area (Å²) in [6.45, 7) is 10.6. The number of aliphatic hydroxyl groups is 2. The molecule has 37 heavy (non-hydrogen) atoms. The highest BCUT2D eigenvalue weighted by Crippen LogP contribution is 2.12. The number of methoxy groups -OCH3 is 1. The zero-order chi connectivity index (χ0) is 29.1. The van der Waals surface area contributed by atoms with Crippen molar-refractivity contribution in [2.45, 2.75) is 98.9 Å². The predicted molar refractivity (Wildman–Crippen MR) is 143 cm³/mol. The van der Waals surface area contributed by atoms with Crippen LogP contribution in [0.3, 0.4) is 0 Å². The van der Waals surface area contributed by atoms with Crippen molar-refractivity contribution >= 4 is 23.5 Å². The van der Waals surface area contributed by atoms with Crippen LogP contribution in [0.4, 0.5) is 0 Å². The molecular formula is C28H48O9. The Morgan fingerprint density at radius 1 is 0.973 bits per heavy atom. The summed E-state index contributed by atoms with van der Waals surface area (Å²) in [4.78, 5) is 40.8. The van der Waals surface area contributed by atoms with Gasteiger partial charge in [-0.15, -0.1) is 0 Å². The molecule has 0 aromatic heterocycles. The van der Waals surface area contributed by atoms with Gasteiger partial charge in [0.05, 0.1) is 19.8 Å². The molecule has 0 saturated heterocycles. The largest absolute Gasteiger partial charge is 0.464 e. The molecular weight excluding hydrogens is 480 g/mol. The van der Waals surface area contributed by atoms with Crippen molar-refractivity contribution in [2.24, 2.45) is 0 Å². The molecule has 2 N–H and O–H groups in total. The maximum atomic E-state index is 10.5. The number of Topliss-reactive ketones (excluding diaryl/α,β-unsaturated/α-hetero) is 2. The lowest BCUT2D eigenvalue weighted by molar-refractivity contribution is -0.152. The zero-order valence-corrected chi connectivity index (χ0v) is 23.7. The fourth-order valence-corrected chi connectivity index (χ4v) is 2.34. The van der Waals surface area contributed by atoms with Crippen LogP contribution in [-0.4, -0.2) is 66.2 Å². The molecule has 0 amide bonds. The van der Waals surface area contributed by atoms with Crippen molar-refractivity contribution in [1.29, 1.82) is 0 Å². The van der Waals surface area contributed by atoms with Gasteiger partial charge in [0.1, 0.15) is 23.8 Å². The number of ketones is 2. The first-order valence-corrected chi connectivity index (χ1v) is 12.6. The number of esters is 2. The first-order chi connectivity index (χ1) is 17.4. The van der Waals surface area contributed by atoms with Gasteiger partial charge < -0.3 is 29.2 Å². The summed E-state index contributed by atoms with van der Waals surface area (Å²) in [5.74, 6) is -0.108. The van der Waals surface area contributed by atoms with Crippen molar-refractivity contribution in [1.82, 2.24) is 0 Å². The Morgan fingerprint density at radius 2 is 1.49 bits per heavy atom. The van der Waals surface area contributed by atoms with Gasteiger partial charge in [-0.25, -0.2) is 4.79 Å². The van der Waals surface area contributed by atoms with Gasteiger partial charge in [-0.05, 0) is 46.1 Å². The normalized spacial score (nSPS) is 13.2. The third kappa shape index (κ3) is 33.4. The molecule has 9 heteroatoms. The highest BCUT2D eigenvalue weighted by atomic mass is 16.6. The molecule has 0 spiro atoms. The molecule has 1 saturated carbocycles. The molecule has 0 radical (unpaired) electrons. The Hall–Kier alpha value is -2.62. The first kappa shape index (κ1) is 38.9. The minimum absolute atomic E-state index is 0.132. The lowest BCUT2D eigenvalue weighted by Gasteiger charge is -2.08. The van der Waals surface area contributed by atoms with E-state index in [9.17, 15) is 19.2 Å². The van der Waals surface area contributed by atoms with Crippen LogP contribution in [0.2, 0.25) is 0 Å². The van der Waals surface area contributed by atoms with E-state index in [1.54, 1.807) is 27.9 Å². The molecule has 214 valence electrons. The average molecular weight is 529 g/mol. The molecule has 0 bridgehead atoms. The fraction of sp³-hybridized carbons (Fsp3) is 0.643. The number of hydrogen-bond acceptors (Lipinski definition) is 9. The Kier molecular flexibility index (Phi) is 29.4. The summed E-state index contributed by atoms with van der Waals surface area (Å²) in [7, 11) is 1.57. The summed E-state index contributed by atoms with van der Waals surface area (Å²) >= 11 is 0. The quantitative estimate of drug-likeness (QED) is 0.499. The molecule has 1 fully saturated rings. The van der Waals surface area contributed by atoms with E-state index in [0.717, 1.165) is 31.2 Å². The summed E-state index contributed by atoms with van der Waals surface area (Å²) in [6.07, 6.45) is 4.78. The topological polar surface area (TPSA) is 136 Å². The standard InChI is InChI=1S/C7H8O.C6H12O3.C6H10O.C5H10O3.C4H8O/c8-6-7-4-2-1-3-5-7;1-5(4-8-3)9-6(2)7;7-6-4-2-1-3-5-6;1-3-8-5(7)4(2)6;1-3-4(2)5/h1-5,8H,6H2;5H,4H2,1-3H3;1-5H2;4,6H,3H2,1-2H3;3H2,1-2H3. The molecule has 2 atom stereocenters. The summed E-state index contributed by atoms with van der Waals surface area (Å²) in [6, 6.07) is 9.52. The van der Waals surface area contributed by atoms with E-state index in [-0.39, 0.29) is 24.5 Å². The van der Waals surface area contributed by atoms with Gasteiger partial charge in [0, 0.05) is 33.3 Å². The van der Waals surface area contributed by atoms with Crippen molar-refractivity contribution in [3.8, 4) is 0 Å². The lowest BCUT2D eigenvalue weighted by atomic mass is 10.00. The number of ether oxygens (including phenoxy) is 3. The molecule has 2 unspecified atom stereocenters. The molecule has 2 rings (SSSR count). The van der Waals surface area contributed by atoms with E-state index in [1.807, 2.05) is 37.3 Å². The SMILES string of the molecule is CCC(C)=O.CCOC(=O)C(C)O.COCC(C)OC(C)=O.O=C1CCCCC1.OCc1ccccc1. The highest BCUT2D eigenvalue weighted by Gasteiger charge is 2.07. The van der Waals surface area contributed by atoms with Crippen LogP contribution < -0.4 is 0 Å². The summed E-state index contributed by atoms with van der Waals surface area (Å²) in [5, 5.41) is 17.0. The Labute approximate surface area is 222 Å². The van der Waals surface area contributed by atoms with Crippen LogP contribution in [0.25, 0.3) is 0 Å². The van der Waals surface area contributed by atoms with Crippen LogP contribution in [-0.2, 0) is 40.0 Å². The second-order valence-electron chi connectivity index (χ2n) is 8.10. The van der Waals surface area contributed by atoms with Gasteiger partial charge in [-0.1, -0.05) is 43.7 Å². The number of carbonyl (C=O) groups is 4. The van der Waals surface area contributed by atoms with Gasteiger partial charge in [-0.3, -0.25) is 9.59 Å². The number of hydrogen-bond donors (Lipinski definition) is 2. The maximum absolute atomic E-state index is 10.5. The third-order valence-corrected chi connectivity index (χ3v) is 4.33. The number of rotatable bonds is 7. The van der Waals surface area contributed by atoms with Gasteiger partial charge in [-0.2, -0.15) is 0 Å². The van der Waals surface area contributed by atoms with E-state index in [0.29, 0.717) is 25.4 Å². The summed E-state index contributed by atoms with van der Waals surface area (Å²) in [5.41, 5.74) is 0.965. The van der Waals surface area contributed by atoms with Crippen LogP contribution in [0.5, 0.6) is 0 Å². The van der Waals surface area contributed by atoms with E-state index in [1.165, 1.54) is 20.3 Å². The lowest BCUT2D eigenvalue weighted by Crippen LogP contribution is -2.18. The van der Waals surface area contributed by atoms with Crippen LogP contribution in [0.15, 0.2) is 30.3 Å². The minimum Gasteiger partial charge on any atom is -0.464 e. The smallest absolute Gasteiger partial charge is 0.334 e. The molecule has 0 heterocycles. The van der Waals surface area contributed by atoms with Gasteiger partial charge >= 0.3 is 11.9 Å². The maximum Gasteiger partial charge on any atom is 0.334 e. The van der Waals surface area contributed by atoms with Gasteiger partial charge in [0.2, 0.25) is 0 Å². The Morgan fingerprint density at radius 3 is 1.73 bits per heavy atom. The molecule has 1 aromatic rings. The van der Waals surface area contributed by atoms with Crippen molar-refractivity contribution < 1.29 is 43.6 Å². The number of benzene rings is 1. The monoisotopic (exact) mass is 528 g/mol. The van der Waals surface area contributed by atoms with Gasteiger partial charge in [0.15, 0.2) is 0 Å². The van der Waals surface area contributed by atoms with Crippen molar-refractivity contribution in [3.63, 3.8) is 0 Å². The Balaban J connectivity index is -0.000000395. The molecule has 9 nitrogen and oxygen atoms in total. The Bertz CT molecular complexity index is 695. The fourth-order valence-electron chi connectivity index (χ4n) is 2.34. The van der Waals surface area contributed by atoms with Crippen molar-refractivity contribution in [3.05, 3.63) is 35.9 Å². The minimum atomic E-state index is -0.991. The second kappa shape index (κ2) is 28.0. The summed E-state index contributed by atoms with van der Waals surface area (Å²) < 4.78 is 13.9. The van der Waals surface area contributed by atoms with E-state index in [4.69, 9.17) is 19.7 Å². The molecule has 0 aliphatic heterocycles. The van der Waals surface area contributed by atoms with Crippen LogP contribution in [0, 0.1) is 0 Å².